The van der Waals surface area contributed by atoms with E-state index in [0.717, 1.165) is 47.1 Å². The normalized spacial score (nSPS) is 18.4. The Labute approximate surface area is 217 Å². The summed E-state index contributed by atoms with van der Waals surface area (Å²) in [6, 6.07) is 9.62. The first kappa shape index (κ1) is 25.7. The zero-order chi connectivity index (χ0) is 25.3. The summed E-state index contributed by atoms with van der Waals surface area (Å²) in [7, 11) is 4.26. The number of aromatic hydroxyl groups is 1. The minimum atomic E-state index is -0.136. The van der Waals surface area contributed by atoms with Crippen LogP contribution in [-0.4, -0.2) is 47.5 Å². The molecule has 7 heteroatoms. The molecule has 1 aromatic heterocycles. The smallest absolute Gasteiger partial charge is 0.169 e. The fourth-order valence-corrected chi connectivity index (χ4v) is 5.45. The third-order valence-electron chi connectivity index (χ3n) is 6.83. The van der Waals surface area contributed by atoms with Gasteiger partial charge in [0.1, 0.15) is 0 Å². The van der Waals surface area contributed by atoms with Gasteiger partial charge in [0.15, 0.2) is 11.5 Å². The highest BCUT2D eigenvalue weighted by Crippen LogP contribution is 2.39. The Morgan fingerprint density at radius 3 is 2.34 bits per heavy atom. The Hall–Kier alpha value is -2.34. The van der Waals surface area contributed by atoms with Crippen molar-refractivity contribution in [2.75, 3.05) is 26.0 Å². The highest BCUT2D eigenvalue weighted by atomic mass is 35.5. The lowest BCUT2D eigenvalue weighted by Crippen LogP contribution is -2.31. The summed E-state index contributed by atoms with van der Waals surface area (Å²) in [6.07, 6.45) is 6.18. The molecule has 2 N–H and O–H groups in total. The van der Waals surface area contributed by atoms with Crippen molar-refractivity contribution >= 4 is 45.6 Å². The number of nitrogens with zero attached hydrogens (tertiary/aromatic N) is 2. The van der Waals surface area contributed by atoms with E-state index in [2.05, 4.69) is 29.3 Å². The second-order valence-corrected chi connectivity index (χ2v) is 11.0. The van der Waals surface area contributed by atoms with E-state index in [4.69, 9.17) is 23.2 Å². The molecule has 1 saturated carbocycles. The van der Waals surface area contributed by atoms with Gasteiger partial charge in [0.2, 0.25) is 0 Å². The quantitative estimate of drug-likeness (QED) is 0.324. The molecule has 0 spiro atoms. The average Bonchev–Trinajstić information content (AvgIpc) is 2.82. The van der Waals surface area contributed by atoms with Gasteiger partial charge in [-0.1, -0.05) is 43.1 Å². The first-order chi connectivity index (χ1) is 16.6. The molecule has 4 rings (SSSR count). The summed E-state index contributed by atoms with van der Waals surface area (Å²) < 4.78 is 0. The van der Waals surface area contributed by atoms with Gasteiger partial charge >= 0.3 is 0 Å². The molecule has 2 aromatic carbocycles. The minimum Gasteiger partial charge on any atom is -0.505 e. The first-order valence-electron chi connectivity index (χ1n) is 12.2. The molecule has 0 amide bonds. The van der Waals surface area contributed by atoms with Crippen molar-refractivity contribution in [1.82, 2.24) is 9.88 Å². The highest BCUT2D eigenvalue weighted by molar-refractivity contribution is 6.37. The van der Waals surface area contributed by atoms with Crippen molar-refractivity contribution < 1.29 is 9.90 Å². The van der Waals surface area contributed by atoms with Gasteiger partial charge < -0.3 is 15.3 Å². The summed E-state index contributed by atoms with van der Waals surface area (Å²) >= 11 is 12.4. The maximum absolute atomic E-state index is 13.2. The Morgan fingerprint density at radius 1 is 1.09 bits per heavy atom. The summed E-state index contributed by atoms with van der Waals surface area (Å²) in [4.78, 5) is 20.0. The van der Waals surface area contributed by atoms with Crippen molar-refractivity contribution in [1.29, 1.82) is 0 Å². The van der Waals surface area contributed by atoms with Crippen LogP contribution in [-0.2, 0) is 0 Å². The first-order valence-corrected chi connectivity index (χ1v) is 13.0. The number of pyridine rings is 1. The number of hydrogen-bond donors (Lipinski definition) is 2. The topological polar surface area (TPSA) is 65.5 Å². The number of carbonyl (C=O) groups is 1. The molecule has 0 atom stereocenters. The zero-order valence-electron chi connectivity index (χ0n) is 20.7. The molecule has 0 unspecified atom stereocenters. The van der Waals surface area contributed by atoms with E-state index >= 15 is 0 Å². The summed E-state index contributed by atoms with van der Waals surface area (Å²) in [5, 5.41) is 15.0. The molecule has 186 valence electrons. The van der Waals surface area contributed by atoms with Crippen LogP contribution in [0.5, 0.6) is 5.75 Å². The van der Waals surface area contributed by atoms with E-state index < -0.39 is 0 Å². The van der Waals surface area contributed by atoms with E-state index in [1.165, 1.54) is 12.8 Å². The fraction of sp³-hybridized carbons (Fsp3) is 0.429. The van der Waals surface area contributed by atoms with Crippen LogP contribution in [0.2, 0.25) is 10.0 Å². The van der Waals surface area contributed by atoms with Gasteiger partial charge in [0.05, 0.1) is 26.8 Å². The van der Waals surface area contributed by atoms with Crippen LogP contribution < -0.4 is 5.32 Å². The van der Waals surface area contributed by atoms with Crippen molar-refractivity contribution in [3.63, 3.8) is 0 Å². The van der Waals surface area contributed by atoms with Crippen LogP contribution in [0, 0.1) is 11.8 Å². The Balaban J connectivity index is 1.75. The number of hydrogen-bond acceptors (Lipinski definition) is 5. The van der Waals surface area contributed by atoms with Gasteiger partial charge in [-0.2, -0.15) is 0 Å². The molecule has 0 aliphatic heterocycles. The van der Waals surface area contributed by atoms with E-state index in [1.54, 1.807) is 18.3 Å². The molecule has 1 fully saturated rings. The van der Waals surface area contributed by atoms with Gasteiger partial charge in [-0.05, 0) is 81.1 Å². The lowest BCUT2D eigenvalue weighted by atomic mass is 9.85. The van der Waals surface area contributed by atoms with Crippen LogP contribution in [0.25, 0.3) is 22.0 Å². The number of ketones is 1. The van der Waals surface area contributed by atoms with Crippen molar-refractivity contribution in [2.24, 2.45) is 11.8 Å². The SMILES string of the molecule is CC(C)C(=O)c1cnc2ccc(-c3cc(Cl)c(O)c(Cl)c3)cc2c1NC1CCC(CN(C)C)CC1. The van der Waals surface area contributed by atoms with Crippen molar-refractivity contribution in [3.05, 3.63) is 52.1 Å². The number of Topliss-reactive ketones (excluding diaryl/α,β-unsaturated/α-hetero) is 1. The second-order valence-electron chi connectivity index (χ2n) is 10.2. The number of nitrogens with one attached hydrogen (secondary N) is 1. The van der Waals surface area contributed by atoms with Gasteiger partial charge in [0.25, 0.3) is 0 Å². The number of phenolic OH excluding ortho intramolecular Hbond substituents is 1. The summed E-state index contributed by atoms with van der Waals surface area (Å²) in [6.45, 7) is 4.95. The predicted molar refractivity (Wildman–Crippen MR) is 146 cm³/mol. The molecule has 35 heavy (non-hydrogen) atoms. The number of phenols is 1. The van der Waals surface area contributed by atoms with E-state index in [-0.39, 0.29) is 27.5 Å². The molecule has 1 aliphatic carbocycles. The number of carbonyl (C=O) groups excluding carboxylic acids is 1. The molecule has 0 bridgehead atoms. The van der Waals surface area contributed by atoms with Crippen LogP contribution in [0.1, 0.15) is 49.9 Å². The summed E-state index contributed by atoms with van der Waals surface area (Å²) in [5.74, 6) is 0.522. The van der Waals surface area contributed by atoms with Crippen molar-refractivity contribution in [2.45, 2.75) is 45.6 Å². The average molecular weight is 514 g/mol. The van der Waals surface area contributed by atoms with Gasteiger partial charge in [0, 0.05) is 30.1 Å². The van der Waals surface area contributed by atoms with Crippen LogP contribution >= 0.6 is 23.2 Å². The second kappa shape index (κ2) is 10.7. The lowest BCUT2D eigenvalue weighted by Gasteiger charge is -2.32. The third-order valence-corrected chi connectivity index (χ3v) is 7.40. The number of aromatic nitrogens is 1. The van der Waals surface area contributed by atoms with Gasteiger partial charge in [-0.15, -0.1) is 0 Å². The minimum absolute atomic E-state index is 0.0734. The molecular formula is C28H33Cl2N3O2. The molecule has 3 aromatic rings. The molecule has 5 nitrogen and oxygen atoms in total. The number of anilines is 1. The number of halogens is 2. The van der Waals surface area contributed by atoms with E-state index in [1.807, 2.05) is 32.0 Å². The standard InChI is InChI=1S/C28H33Cl2N3O2/c1-16(2)27(34)22-14-31-25-10-7-18(19-12-23(29)28(35)24(30)13-19)11-21(25)26(22)32-20-8-5-17(6-9-20)15-33(3)4/h7,10-14,16-17,20,35H,5-6,8-9,15H2,1-4H3,(H,31,32). The molecular weight excluding hydrogens is 481 g/mol. The van der Waals surface area contributed by atoms with Crippen LogP contribution in [0.4, 0.5) is 5.69 Å². The highest BCUT2D eigenvalue weighted by Gasteiger charge is 2.25. The lowest BCUT2D eigenvalue weighted by molar-refractivity contribution is 0.0940. The molecule has 0 saturated heterocycles. The number of benzene rings is 2. The number of fused-ring (bicyclic) bond motifs is 1. The molecule has 0 radical (unpaired) electrons. The number of rotatable bonds is 7. The van der Waals surface area contributed by atoms with Crippen molar-refractivity contribution in [3.8, 4) is 16.9 Å². The fourth-order valence-electron chi connectivity index (χ4n) is 4.97. The summed E-state index contributed by atoms with van der Waals surface area (Å²) in [5.41, 5.74) is 3.96. The Morgan fingerprint density at radius 2 is 1.74 bits per heavy atom. The predicted octanol–water partition coefficient (Wildman–Crippen LogP) is 7.29. The third kappa shape index (κ3) is 5.74. The molecule has 1 aliphatic rings. The van der Waals surface area contributed by atoms with Gasteiger partial charge in [-0.3, -0.25) is 9.78 Å². The zero-order valence-corrected chi connectivity index (χ0v) is 22.2. The maximum Gasteiger partial charge on any atom is 0.169 e. The maximum atomic E-state index is 13.2. The Kier molecular flexibility index (Phi) is 7.89. The van der Waals surface area contributed by atoms with Gasteiger partial charge in [-0.25, -0.2) is 0 Å². The van der Waals surface area contributed by atoms with Crippen LogP contribution in [0.15, 0.2) is 36.5 Å². The van der Waals surface area contributed by atoms with E-state index in [0.29, 0.717) is 17.5 Å². The monoisotopic (exact) mass is 513 g/mol. The Bertz CT molecular complexity index is 1210. The van der Waals surface area contributed by atoms with E-state index in [9.17, 15) is 9.90 Å². The molecule has 1 heterocycles. The van der Waals surface area contributed by atoms with Crippen LogP contribution in [0.3, 0.4) is 0 Å². The largest absolute Gasteiger partial charge is 0.505 e.